The Morgan fingerprint density at radius 1 is 1.15 bits per heavy atom. The first kappa shape index (κ1) is 19.4. The van der Waals surface area contributed by atoms with Crippen LogP contribution >= 0.6 is 0 Å². The van der Waals surface area contributed by atoms with Crippen molar-refractivity contribution in [2.75, 3.05) is 0 Å². The van der Waals surface area contributed by atoms with E-state index in [2.05, 4.69) is 11.3 Å². The van der Waals surface area contributed by atoms with Gasteiger partial charge in [0.25, 0.3) is 10.0 Å². The lowest BCUT2D eigenvalue weighted by atomic mass is 9.94. The lowest BCUT2D eigenvalue weighted by Gasteiger charge is -2.21. The van der Waals surface area contributed by atoms with Gasteiger partial charge < -0.3 is 9.15 Å². The van der Waals surface area contributed by atoms with Gasteiger partial charge in [-0.25, -0.2) is 0 Å². The van der Waals surface area contributed by atoms with E-state index in [0.717, 1.165) is 41.7 Å². The molecule has 0 unspecified atom stereocenters. The Labute approximate surface area is 160 Å². The number of hydrogen-bond acceptors (Lipinski definition) is 4. The van der Waals surface area contributed by atoms with Gasteiger partial charge in [0.05, 0.1) is 11.2 Å². The molecule has 5 nitrogen and oxygen atoms in total. The molecular formula is C21H25NO4S. The highest BCUT2D eigenvalue weighted by Crippen LogP contribution is 2.37. The van der Waals surface area contributed by atoms with E-state index < -0.39 is 15.6 Å². The summed E-state index contributed by atoms with van der Waals surface area (Å²) in [6.07, 6.45) is 6.42. The van der Waals surface area contributed by atoms with Crippen molar-refractivity contribution in [1.82, 2.24) is 0 Å². The zero-order chi connectivity index (χ0) is 19.7. The van der Waals surface area contributed by atoms with Crippen LogP contribution in [0.5, 0.6) is 0 Å². The topological polar surface area (TPSA) is 68.9 Å². The number of ether oxygens (including phenoxy) is 1. The summed E-state index contributed by atoms with van der Waals surface area (Å²) in [5.74, 6) is 1.01. The summed E-state index contributed by atoms with van der Waals surface area (Å²) in [5, 5.41) is 0. The third-order valence-electron chi connectivity index (χ3n) is 4.55. The van der Waals surface area contributed by atoms with E-state index in [4.69, 9.17) is 9.15 Å². The molecular weight excluding hydrogens is 362 g/mol. The van der Waals surface area contributed by atoms with Crippen molar-refractivity contribution in [1.29, 1.82) is 0 Å². The average Bonchev–Trinajstić information content (AvgIpc) is 3.16. The molecule has 2 heterocycles. The molecule has 0 amide bonds. The van der Waals surface area contributed by atoms with Crippen LogP contribution in [0.1, 0.15) is 50.5 Å². The maximum atomic E-state index is 12.6. The van der Waals surface area contributed by atoms with Crippen LogP contribution in [0, 0.1) is 6.92 Å². The summed E-state index contributed by atoms with van der Waals surface area (Å²) in [7, 11) is -3.83. The van der Waals surface area contributed by atoms with Gasteiger partial charge in [-0.2, -0.15) is 8.42 Å². The molecule has 3 rings (SSSR count). The van der Waals surface area contributed by atoms with Gasteiger partial charge in [0, 0.05) is 23.6 Å². The minimum atomic E-state index is -3.83. The molecule has 0 aliphatic carbocycles. The summed E-state index contributed by atoms with van der Waals surface area (Å²) in [6.45, 7) is 7.81. The molecule has 1 aliphatic rings. The molecule has 0 saturated carbocycles. The lowest BCUT2D eigenvalue weighted by Crippen LogP contribution is -2.22. The van der Waals surface area contributed by atoms with E-state index >= 15 is 0 Å². The quantitative estimate of drug-likeness (QED) is 0.706. The van der Waals surface area contributed by atoms with E-state index in [0.29, 0.717) is 0 Å². The molecule has 0 spiro atoms. The molecule has 2 aromatic rings. The van der Waals surface area contributed by atoms with E-state index in [1.807, 2.05) is 26.8 Å². The Bertz CT molecular complexity index is 979. The molecule has 1 aliphatic heterocycles. The first-order valence-electron chi connectivity index (χ1n) is 9.12. The van der Waals surface area contributed by atoms with Gasteiger partial charge in [-0.05, 0) is 45.4 Å². The summed E-state index contributed by atoms with van der Waals surface area (Å²) < 4.78 is 40.5. The number of unbranched alkanes of at least 4 members (excludes halogenated alkanes) is 1. The van der Waals surface area contributed by atoms with Crippen LogP contribution in [0.4, 0.5) is 0 Å². The maximum Gasteiger partial charge on any atom is 0.285 e. The van der Waals surface area contributed by atoms with E-state index in [1.165, 1.54) is 0 Å². The summed E-state index contributed by atoms with van der Waals surface area (Å²) in [6, 6.07) is 8.59. The second kappa shape index (κ2) is 7.35. The van der Waals surface area contributed by atoms with Crippen LogP contribution in [0.2, 0.25) is 0 Å². The van der Waals surface area contributed by atoms with E-state index in [1.54, 1.807) is 36.6 Å². The number of furan rings is 1. The van der Waals surface area contributed by atoms with Crippen molar-refractivity contribution in [3.05, 3.63) is 59.6 Å². The van der Waals surface area contributed by atoms with Crippen molar-refractivity contribution >= 4 is 21.5 Å². The first-order chi connectivity index (χ1) is 12.7. The van der Waals surface area contributed by atoms with E-state index in [-0.39, 0.29) is 10.8 Å². The molecule has 144 valence electrons. The minimum absolute atomic E-state index is 0.0897. The van der Waals surface area contributed by atoms with Crippen molar-refractivity contribution in [3.8, 4) is 0 Å². The van der Waals surface area contributed by atoms with Crippen molar-refractivity contribution < 1.29 is 17.6 Å². The van der Waals surface area contributed by atoms with Crippen LogP contribution in [0.25, 0.3) is 5.57 Å². The molecule has 6 heteroatoms. The Hall–Kier alpha value is -2.34. The average molecular weight is 388 g/mol. The Balaban J connectivity index is 1.90. The van der Waals surface area contributed by atoms with Crippen LogP contribution in [-0.4, -0.2) is 19.9 Å². The summed E-state index contributed by atoms with van der Waals surface area (Å²) >= 11 is 0. The predicted molar refractivity (Wildman–Crippen MR) is 106 cm³/mol. The van der Waals surface area contributed by atoms with Crippen LogP contribution in [0.3, 0.4) is 0 Å². The van der Waals surface area contributed by atoms with Gasteiger partial charge in [0.15, 0.2) is 0 Å². The normalized spacial score (nSPS) is 17.8. The molecule has 0 saturated heterocycles. The standard InChI is InChI=1S/C21H25NO4S/c1-5-6-7-17-12-16(14-25-17)19-13-20(26-21(19,3)4)22-27(23,24)18-10-8-15(2)9-11-18/h8-14H,5-7H2,1-4H3/b22-20-. The second-order valence-electron chi connectivity index (χ2n) is 7.29. The highest BCUT2D eigenvalue weighted by Gasteiger charge is 2.35. The zero-order valence-electron chi connectivity index (χ0n) is 16.2. The Kier molecular flexibility index (Phi) is 5.29. The monoisotopic (exact) mass is 387 g/mol. The molecule has 0 N–H and O–H groups in total. The fourth-order valence-electron chi connectivity index (χ4n) is 3.00. The molecule has 0 radical (unpaired) electrons. The van der Waals surface area contributed by atoms with Gasteiger partial charge in [-0.15, -0.1) is 4.40 Å². The van der Waals surface area contributed by atoms with Gasteiger partial charge in [-0.1, -0.05) is 31.0 Å². The van der Waals surface area contributed by atoms with Crippen molar-refractivity contribution in [2.24, 2.45) is 4.40 Å². The number of sulfonamides is 1. The van der Waals surface area contributed by atoms with E-state index in [9.17, 15) is 8.42 Å². The molecule has 0 bridgehead atoms. The zero-order valence-corrected chi connectivity index (χ0v) is 17.0. The lowest BCUT2D eigenvalue weighted by molar-refractivity contribution is 0.171. The first-order valence-corrected chi connectivity index (χ1v) is 10.6. The number of benzene rings is 1. The van der Waals surface area contributed by atoms with Gasteiger partial charge in [-0.3, -0.25) is 0 Å². The summed E-state index contributed by atoms with van der Waals surface area (Å²) in [4.78, 5) is 0.147. The number of aryl methyl sites for hydroxylation is 2. The fourth-order valence-corrected chi connectivity index (χ4v) is 3.92. The second-order valence-corrected chi connectivity index (χ2v) is 8.90. The predicted octanol–water partition coefficient (Wildman–Crippen LogP) is 4.91. The van der Waals surface area contributed by atoms with Crippen LogP contribution in [-0.2, 0) is 21.2 Å². The van der Waals surface area contributed by atoms with Crippen LogP contribution in [0.15, 0.2) is 56.4 Å². The maximum absolute atomic E-state index is 12.6. The van der Waals surface area contributed by atoms with Crippen molar-refractivity contribution in [3.63, 3.8) is 0 Å². The third-order valence-corrected chi connectivity index (χ3v) is 5.83. The number of nitrogens with zero attached hydrogens (tertiary/aromatic N) is 1. The number of hydrogen-bond donors (Lipinski definition) is 0. The number of rotatable bonds is 6. The van der Waals surface area contributed by atoms with Gasteiger partial charge >= 0.3 is 0 Å². The molecule has 27 heavy (non-hydrogen) atoms. The molecule has 0 atom stereocenters. The molecule has 0 fully saturated rings. The minimum Gasteiger partial charge on any atom is -0.469 e. The molecule has 1 aromatic carbocycles. The highest BCUT2D eigenvalue weighted by atomic mass is 32.2. The van der Waals surface area contributed by atoms with Crippen molar-refractivity contribution in [2.45, 2.75) is 57.5 Å². The smallest absolute Gasteiger partial charge is 0.285 e. The Morgan fingerprint density at radius 3 is 2.52 bits per heavy atom. The van der Waals surface area contributed by atoms with Gasteiger partial charge in [0.1, 0.15) is 11.4 Å². The third kappa shape index (κ3) is 4.33. The fraction of sp³-hybridized carbons (Fsp3) is 0.381. The van der Waals surface area contributed by atoms with Gasteiger partial charge in [0.2, 0.25) is 5.90 Å². The Morgan fingerprint density at radius 2 is 1.85 bits per heavy atom. The van der Waals surface area contributed by atoms with Crippen LogP contribution < -0.4 is 0 Å². The largest absolute Gasteiger partial charge is 0.469 e. The summed E-state index contributed by atoms with van der Waals surface area (Å²) in [5.41, 5.74) is 2.05. The highest BCUT2D eigenvalue weighted by molar-refractivity contribution is 7.90. The molecule has 1 aromatic heterocycles. The SMILES string of the molecule is CCCCc1cc(C2=C/C(=N/S(=O)(=O)c3ccc(C)cc3)OC2(C)C)co1.